The lowest BCUT2D eigenvalue weighted by Gasteiger charge is -2.26. The molecule has 2 aliphatic rings. The van der Waals surface area contributed by atoms with E-state index in [2.05, 4.69) is 20.6 Å². The molecule has 1 aromatic rings. The second kappa shape index (κ2) is 6.30. The molecule has 1 atom stereocenters. The van der Waals surface area contributed by atoms with Gasteiger partial charge in [0.25, 0.3) is 5.91 Å². The Bertz CT molecular complexity index is 720. The Morgan fingerprint density at radius 1 is 1.40 bits per heavy atom. The van der Waals surface area contributed by atoms with Crippen LogP contribution in [0.4, 0.5) is 10.6 Å². The predicted molar refractivity (Wildman–Crippen MR) is 89.6 cm³/mol. The molecule has 25 heavy (non-hydrogen) atoms. The molecule has 0 aliphatic carbocycles. The van der Waals surface area contributed by atoms with Crippen LogP contribution in [0.1, 0.15) is 38.4 Å². The summed E-state index contributed by atoms with van der Waals surface area (Å²) < 4.78 is 0. The van der Waals surface area contributed by atoms with Gasteiger partial charge in [-0.25, -0.2) is 9.78 Å². The van der Waals surface area contributed by atoms with Gasteiger partial charge in [-0.15, -0.1) is 0 Å². The summed E-state index contributed by atoms with van der Waals surface area (Å²) in [7, 11) is 1.75. The Morgan fingerprint density at radius 2 is 2.16 bits per heavy atom. The average Bonchev–Trinajstić information content (AvgIpc) is 3.14. The Hall–Kier alpha value is -2.71. The van der Waals surface area contributed by atoms with Crippen LogP contribution in [0, 0.1) is 0 Å². The van der Waals surface area contributed by atoms with Gasteiger partial charge >= 0.3 is 6.03 Å². The van der Waals surface area contributed by atoms with Crippen LogP contribution >= 0.6 is 0 Å². The first-order valence-corrected chi connectivity index (χ1v) is 8.27. The van der Waals surface area contributed by atoms with Gasteiger partial charge in [0.2, 0.25) is 5.91 Å². The summed E-state index contributed by atoms with van der Waals surface area (Å²) in [4.78, 5) is 48.2. The van der Waals surface area contributed by atoms with E-state index < -0.39 is 17.5 Å². The van der Waals surface area contributed by atoms with Crippen molar-refractivity contribution < 1.29 is 14.4 Å². The average molecular weight is 346 g/mol. The highest BCUT2D eigenvalue weighted by Crippen LogP contribution is 2.31. The van der Waals surface area contributed by atoms with Crippen LogP contribution in [0.5, 0.6) is 0 Å². The number of urea groups is 1. The normalized spacial score (nSPS) is 22.3. The largest absolute Gasteiger partial charge is 0.372 e. The van der Waals surface area contributed by atoms with Gasteiger partial charge in [0, 0.05) is 13.6 Å². The fourth-order valence-electron chi connectivity index (χ4n) is 3.22. The number of hydrogen-bond donors (Lipinski definition) is 2. The molecule has 3 rings (SSSR count). The fraction of sp³-hybridized carbons (Fsp3) is 0.562. The van der Waals surface area contributed by atoms with Gasteiger partial charge in [-0.3, -0.25) is 19.5 Å². The molecule has 2 fully saturated rings. The van der Waals surface area contributed by atoms with Gasteiger partial charge in [0.1, 0.15) is 17.9 Å². The molecule has 0 bridgehead atoms. The van der Waals surface area contributed by atoms with E-state index in [1.165, 1.54) is 0 Å². The maximum Gasteiger partial charge on any atom is 0.325 e. The molecule has 2 aliphatic heterocycles. The lowest BCUT2D eigenvalue weighted by atomic mass is 10.1. The number of anilines is 1. The molecule has 2 saturated heterocycles. The van der Waals surface area contributed by atoms with Gasteiger partial charge in [-0.2, -0.15) is 0 Å². The molecule has 0 spiro atoms. The van der Waals surface area contributed by atoms with E-state index in [4.69, 9.17) is 0 Å². The van der Waals surface area contributed by atoms with Gasteiger partial charge in [-0.05, 0) is 26.7 Å². The van der Waals surface area contributed by atoms with Crippen LogP contribution in [0.2, 0.25) is 0 Å². The number of nitrogens with zero attached hydrogens (tertiary/aromatic N) is 4. The van der Waals surface area contributed by atoms with Crippen molar-refractivity contribution in [1.29, 1.82) is 0 Å². The Labute approximate surface area is 145 Å². The van der Waals surface area contributed by atoms with E-state index in [9.17, 15) is 14.4 Å². The quantitative estimate of drug-likeness (QED) is 0.769. The number of nitrogens with one attached hydrogen (secondary N) is 2. The highest BCUT2D eigenvalue weighted by molar-refractivity contribution is 6.08. The van der Waals surface area contributed by atoms with E-state index in [1.54, 1.807) is 38.2 Å². The van der Waals surface area contributed by atoms with Gasteiger partial charge in [0.15, 0.2) is 0 Å². The Morgan fingerprint density at radius 3 is 2.80 bits per heavy atom. The first-order chi connectivity index (χ1) is 11.8. The monoisotopic (exact) mass is 346 g/mol. The minimum Gasteiger partial charge on any atom is -0.372 e. The second-order valence-electron chi connectivity index (χ2n) is 6.77. The summed E-state index contributed by atoms with van der Waals surface area (Å²) in [5.74, 6) is -0.0217. The molecule has 9 heteroatoms. The molecule has 2 N–H and O–H groups in total. The van der Waals surface area contributed by atoms with Crippen molar-refractivity contribution in [2.24, 2.45) is 0 Å². The summed E-state index contributed by atoms with van der Waals surface area (Å²) in [6.07, 6.45) is 4.88. The van der Waals surface area contributed by atoms with E-state index in [-0.39, 0.29) is 18.5 Å². The second-order valence-corrected chi connectivity index (χ2v) is 6.77. The number of amides is 4. The molecular formula is C16H22N6O3. The minimum atomic E-state index is -0.978. The van der Waals surface area contributed by atoms with Crippen LogP contribution in [-0.4, -0.2) is 63.3 Å². The van der Waals surface area contributed by atoms with Gasteiger partial charge in [-0.1, -0.05) is 0 Å². The summed E-state index contributed by atoms with van der Waals surface area (Å²) in [6.45, 7) is 3.55. The van der Waals surface area contributed by atoms with E-state index in [0.29, 0.717) is 18.1 Å². The molecule has 4 amide bonds. The number of rotatable bonds is 4. The number of imide groups is 1. The molecule has 0 radical (unpaired) electrons. The maximum atomic E-state index is 12.7. The third-order valence-corrected chi connectivity index (χ3v) is 4.56. The van der Waals surface area contributed by atoms with Crippen LogP contribution < -0.4 is 10.6 Å². The van der Waals surface area contributed by atoms with Crippen molar-refractivity contribution in [3.8, 4) is 0 Å². The number of hydrogen-bond acceptors (Lipinski definition) is 6. The minimum absolute atomic E-state index is 0.193. The first kappa shape index (κ1) is 17.1. The molecule has 134 valence electrons. The standard InChI is InChI=1S/C16H22N6O3/c1-16(2)14(24)22(15(25)20-16)9-13(23)21-6-4-5-11(21)10-7-18-8-12(17-3)19-10/h7-8,11H,4-6,9H2,1-3H3,(H,17,19)(H,20,25). The zero-order valence-electron chi connectivity index (χ0n) is 14.6. The van der Waals surface area contributed by atoms with E-state index in [1.807, 2.05) is 0 Å². The van der Waals surface area contributed by atoms with Gasteiger partial charge < -0.3 is 15.5 Å². The number of carbonyl (C=O) groups is 3. The van der Waals surface area contributed by atoms with Crippen molar-refractivity contribution >= 4 is 23.7 Å². The topological polar surface area (TPSA) is 108 Å². The first-order valence-electron chi connectivity index (χ1n) is 8.27. The number of likely N-dealkylation sites (tertiary alicyclic amines) is 1. The zero-order valence-corrected chi connectivity index (χ0v) is 14.6. The molecule has 0 saturated carbocycles. The third kappa shape index (κ3) is 3.13. The summed E-state index contributed by atoms with van der Waals surface area (Å²) in [5.41, 5.74) is -0.274. The summed E-state index contributed by atoms with van der Waals surface area (Å²) >= 11 is 0. The summed E-state index contributed by atoms with van der Waals surface area (Å²) in [5, 5.41) is 5.51. The lowest BCUT2D eigenvalue weighted by molar-refractivity contribution is -0.139. The Kier molecular flexibility index (Phi) is 4.32. The van der Waals surface area contributed by atoms with Crippen molar-refractivity contribution in [3.63, 3.8) is 0 Å². The number of aromatic nitrogens is 2. The highest BCUT2D eigenvalue weighted by Gasteiger charge is 2.46. The molecule has 1 unspecified atom stereocenters. The molecule has 9 nitrogen and oxygen atoms in total. The predicted octanol–water partition coefficient (Wildman–Crippen LogP) is 0.512. The van der Waals surface area contributed by atoms with Crippen LogP contribution in [0.15, 0.2) is 12.4 Å². The molecule has 1 aromatic heterocycles. The van der Waals surface area contributed by atoms with Crippen LogP contribution in [-0.2, 0) is 9.59 Å². The van der Waals surface area contributed by atoms with Gasteiger partial charge in [0.05, 0.1) is 24.1 Å². The van der Waals surface area contributed by atoms with Crippen molar-refractivity contribution in [1.82, 2.24) is 25.1 Å². The highest BCUT2D eigenvalue weighted by atomic mass is 16.2. The molecule has 0 aromatic carbocycles. The zero-order chi connectivity index (χ0) is 18.2. The number of carbonyl (C=O) groups excluding carboxylic acids is 3. The van der Waals surface area contributed by atoms with E-state index >= 15 is 0 Å². The van der Waals surface area contributed by atoms with E-state index in [0.717, 1.165) is 17.7 Å². The van der Waals surface area contributed by atoms with Crippen LogP contribution in [0.25, 0.3) is 0 Å². The Balaban J connectivity index is 1.75. The maximum absolute atomic E-state index is 12.7. The third-order valence-electron chi connectivity index (χ3n) is 4.56. The molecular weight excluding hydrogens is 324 g/mol. The fourth-order valence-corrected chi connectivity index (χ4v) is 3.22. The lowest BCUT2D eigenvalue weighted by Crippen LogP contribution is -2.44. The van der Waals surface area contributed by atoms with Crippen molar-refractivity contribution in [2.75, 3.05) is 25.5 Å². The van der Waals surface area contributed by atoms with Crippen molar-refractivity contribution in [2.45, 2.75) is 38.3 Å². The SMILES string of the molecule is CNc1cncc(C2CCCN2C(=O)CN2C(=O)NC(C)(C)C2=O)n1. The summed E-state index contributed by atoms with van der Waals surface area (Å²) in [6, 6.07) is -0.724. The van der Waals surface area contributed by atoms with Crippen LogP contribution in [0.3, 0.4) is 0 Å². The van der Waals surface area contributed by atoms with Crippen molar-refractivity contribution in [3.05, 3.63) is 18.1 Å². The smallest absolute Gasteiger partial charge is 0.325 e. The molecule has 3 heterocycles.